The number of hydrogen-bond donors (Lipinski definition) is 2. The minimum absolute atomic E-state index is 0.0915. The molecule has 0 bridgehead atoms. The zero-order valence-corrected chi connectivity index (χ0v) is 39.4. The van der Waals surface area contributed by atoms with E-state index in [9.17, 15) is 10.2 Å². The summed E-state index contributed by atoms with van der Waals surface area (Å²) in [5, 5.41) is 22.7. The van der Waals surface area contributed by atoms with Crippen LogP contribution >= 0.6 is 11.6 Å². The van der Waals surface area contributed by atoms with Crippen molar-refractivity contribution in [3.05, 3.63) is 130 Å². The summed E-state index contributed by atoms with van der Waals surface area (Å²) < 4.78 is 12.4. The molecule has 3 saturated heterocycles. The molecule has 3 aliphatic heterocycles. The van der Waals surface area contributed by atoms with Gasteiger partial charge in [0.25, 0.3) is 0 Å². The van der Waals surface area contributed by atoms with E-state index in [0.717, 1.165) is 107 Å². The van der Waals surface area contributed by atoms with E-state index in [1.165, 1.54) is 29.5 Å². The lowest BCUT2D eigenvalue weighted by Gasteiger charge is -2.39. The van der Waals surface area contributed by atoms with Crippen molar-refractivity contribution in [2.45, 2.75) is 121 Å². The number of rotatable bonds is 13. The van der Waals surface area contributed by atoms with Crippen LogP contribution in [0.1, 0.15) is 87.1 Å². The number of ether oxygens (including phenoxy) is 2. The van der Waals surface area contributed by atoms with E-state index in [1.54, 1.807) is 0 Å². The van der Waals surface area contributed by atoms with E-state index in [-0.39, 0.29) is 29.7 Å². The number of aliphatic hydroxyl groups excluding tert-OH is 2. The number of likely N-dealkylation sites (N-methyl/N-ethyl adjacent to an activating group) is 2. The number of halogens is 1. The molecule has 10 heteroatoms. The zero-order chi connectivity index (χ0) is 44.3. The van der Waals surface area contributed by atoms with Gasteiger partial charge in [0.15, 0.2) is 0 Å². The van der Waals surface area contributed by atoms with Gasteiger partial charge in [-0.2, -0.15) is 0 Å². The number of nitrogens with zero attached hydrogens (tertiary/aromatic N) is 5. The van der Waals surface area contributed by atoms with E-state index >= 15 is 0 Å². The fraction of sp³-hybridized carbons (Fsp3) is 0.547. The quantitative estimate of drug-likeness (QED) is 0.138. The molecule has 0 amide bonds. The molecular formula is C53H74ClN5O4. The van der Waals surface area contributed by atoms with Crippen LogP contribution in [0.3, 0.4) is 0 Å². The predicted octanol–water partition coefficient (Wildman–Crippen LogP) is 8.47. The Morgan fingerprint density at radius 3 is 1.87 bits per heavy atom. The van der Waals surface area contributed by atoms with Gasteiger partial charge in [-0.15, -0.1) is 0 Å². The average Bonchev–Trinajstić information content (AvgIpc) is 3.91. The highest BCUT2D eigenvalue weighted by atomic mass is 35.5. The van der Waals surface area contributed by atoms with Gasteiger partial charge in [0.2, 0.25) is 0 Å². The molecule has 63 heavy (non-hydrogen) atoms. The third kappa shape index (κ3) is 13.3. The van der Waals surface area contributed by atoms with Crippen LogP contribution in [0.2, 0.25) is 5.02 Å². The van der Waals surface area contributed by atoms with Gasteiger partial charge in [-0.25, -0.2) is 0 Å². The summed E-state index contributed by atoms with van der Waals surface area (Å²) in [5.41, 5.74) is 6.06. The molecule has 0 radical (unpaired) electrons. The van der Waals surface area contributed by atoms with Gasteiger partial charge in [0, 0.05) is 86.6 Å². The molecule has 5 atom stereocenters. The third-order valence-electron chi connectivity index (χ3n) is 13.9. The Balaban J connectivity index is 0.000000191. The maximum atomic E-state index is 11.0. The minimum atomic E-state index is -0.300. The third-order valence-corrected chi connectivity index (χ3v) is 14.1. The molecule has 8 rings (SSSR count). The second-order valence-corrected chi connectivity index (χ2v) is 20.0. The first-order valence-corrected chi connectivity index (χ1v) is 24.0. The molecular weight excluding hydrogens is 806 g/mol. The Morgan fingerprint density at radius 2 is 1.24 bits per heavy atom. The predicted molar refractivity (Wildman–Crippen MR) is 257 cm³/mol. The van der Waals surface area contributed by atoms with Gasteiger partial charge in [-0.1, -0.05) is 105 Å². The van der Waals surface area contributed by atoms with Crippen LogP contribution in [0.5, 0.6) is 11.5 Å². The van der Waals surface area contributed by atoms with Crippen LogP contribution in [0, 0.1) is 0 Å². The van der Waals surface area contributed by atoms with Crippen LogP contribution in [-0.4, -0.2) is 131 Å². The number of hydrogen-bond acceptors (Lipinski definition) is 9. The monoisotopic (exact) mass is 880 g/mol. The standard InChI is InChI=1S/C29H43N3O2.C24H31ClN2O2/c1-29(2,3)25-10-11-28(34-22-23-8-6-5-7-9-23)24(20-25)21-31-14-12-26(27(33)13-15-31)32-18-16-30(4)17-19-32;1-26(21-10-11-22(24(21)28)27-13-5-6-14-27)16-19-15-20(25)9-12-23(19)29-17-18-7-3-2-4-8-18/h5-11,20,26-27,33H,12-19,21-22H2,1-4H3;2-4,7-9,12,15,21-22,24,28H,5-6,10-11,13-14,16-17H2,1H3/t26?,27-;21?,22-,24-/m01/s1. The molecule has 0 aromatic heterocycles. The summed E-state index contributed by atoms with van der Waals surface area (Å²) in [4.78, 5) is 12.2. The van der Waals surface area contributed by atoms with E-state index in [0.29, 0.717) is 30.8 Å². The molecule has 3 heterocycles. The topological polar surface area (TPSA) is 75.1 Å². The molecule has 2 N–H and O–H groups in total. The Kier molecular flexibility index (Phi) is 17.0. The molecule has 0 spiro atoms. The highest BCUT2D eigenvalue weighted by Crippen LogP contribution is 2.34. The number of aliphatic hydroxyl groups is 2. The van der Waals surface area contributed by atoms with Crippen molar-refractivity contribution in [2.24, 2.45) is 0 Å². The minimum Gasteiger partial charge on any atom is -0.489 e. The highest BCUT2D eigenvalue weighted by Gasteiger charge is 2.41. The maximum absolute atomic E-state index is 11.0. The van der Waals surface area contributed by atoms with E-state index in [4.69, 9.17) is 21.1 Å². The first kappa shape index (κ1) is 47.5. The van der Waals surface area contributed by atoms with E-state index in [2.05, 4.69) is 114 Å². The van der Waals surface area contributed by atoms with Crippen LogP contribution in [0.4, 0.5) is 0 Å². The lowest BCUT2D eigenvalue weighted by atomic mass is 9.86. The summed E-state index contributed by atoms with van der Waals surface area (Å²) in [7, 11) is 4.29. The fourth-order valence-corrected chi connectivity index (χ4v) is 10.2. The van der Waals surface area contributed by atoms with Crippen molar-refractivity contribution in [1.82, 2.24) is 24.5 Å². The first-order chi connectivity index (χ1) is 30.4. The molecule has 1 saturated carbocycles. The second kappa shape index (κ2) is 22.6. The molecule has 4 fully saturated rings. The lowest BCUT2D eigenvalue weighted by Crippen LogP contribution is -2.52. The maximum Gasteiger partial charge on any atom is 0.124 e. The van der Waals surface area contributed by atoms with Crippen LogP contribution in [0.15, 0.2) is 97.1 Å². The smallest absolute Gasteiger partial charge is 0.124 e. The molecule has 4 aromatic carbocycles. The lowest BCUT2D eigenvalue weighted by molar-refractivity contribution is 0.0224. The van der Waals surface area contributed by atoms with E-state index in [1.807, 2.05) is 42.5 Å². The second-order valence-electron chi connectivity index (χ2n) is 19.6. The summed E-state index contributed by atoms with van der Waals surface area (Å²) in [5.74, 6) is 1.82. The normalized spacial score (nSPS) is 24.2. The number of piperazine rings is 1. The number of benzene rings is 4. The molecule has 342 valence electrons. The largest absolute Gasteiger partial charge is 0.489 e. The Bertz CT molecular complexity index is 1980. The molecule has 1 aliphatic carbocycles. The Morgan fingerprint density at radius 1 is 0.651 bits per heavy atom. The SMILES string of the molecule is CN(Cc1cc(Cl)ccc1OCc1ccccc1)C1CC[C@@H](N2CCCC2)[C@@H]1O.CN1CCN(C2CCN(Cc3cc(C(C)(C)C)ccc3OCc3ccccc3)CC[C@@H]2O)CC1. The fourth-order valence-electron chi connectivity index (χ4n) is 9.98. The van der Waals surface area contributed by atoms with Crippen LogP contribution < -0.4 is 9.47 Å². The van der Waals surface area contributed by atoms with Crippen molar-refractivity contribution in [3.8, 4) is 11.5 Å². The van der Waals surface area contributed by atoms with Crippen molar-refractivity contribution in [1.29, 1.82) is 0 Å². The van der Waals surface area contributed by atoms with E-state index < -0.39 is 0 Å². The highest BCUT2D eigenvalue weighted by molar-refractivity contribution is 6.30. The van der Waals surface area contributed by atoms with Crippen LogP contribution in [-0.2, 0) is 31.7 Å². The van der Waals surface area contributed by atoms with Crippen molar-refractivity contribution < 1.29 is 19.7 Å². The Labute approximate surface area is 383 Å². The molecule has 9 nitrogen and oxygen atoms in total. The summed E-state index contributed by atoms with van der Waals surface area (Å²) in [6, 6.07) is 33.8. The number of likely N-dealkylation sites (tertiary alicyclic amines) is 2. The average molecular weight is 881 g/mol. The van der Waals surface area contributed by atoms with Crippen molar-refractivity contribution in [3.63, 3.8) is 0 Å². The van der Waals surface area contributed by atoms with Crippen molar-refractivity contribution >= 4 is 11.6 Å². The summed E-state index contributed by atoms with van der Waals surface area (Å²) >= 11 is 6.28. The van der Waals surface area contributed by atoms with Crippen LogP contribution in [0.25, 0.3) is 0 Å². The first-order valence-electron chi connectivity index (χ1n) is 23.6. The molecule has 4 aliphatic rings. The van der Waals surface area contributed by atoms with Gasteiger partial charge in [0.05, 0.1) is 12.2 Å². The van der Waals surface area contributed by atoms with Gasteiger partial charge >= 0.3 is 0 Å². The van der Waals surface area contributed by atoms with Gasteiger partial charge in [0.1, 0.15) is 24.7 Å². The molecule has 2 unspecified atom stereocenters. The van der Waals surface area contributed by atoms with Crippen molar-refractivity contribution in [2.75, 3.05) is 66.5 Å². The zero-order valence-electron chi connectivity index (χ0n) is 38.7. The van der Waals surface area contributed by atoms with Gasteiger partial charge < -0.3 is 24.6 Å². The summed E-state index contributed by atoms with van der Waals surface area (Å²) in [6.45, 7) is 17.9. The Hall–Kier alpha value is -3.51. The van der Waals surface area contributed by atoms with Gasteiger partial charge in [-0.05, 0) is 112 Å². The molecule has 4 aromatic rings. The summed E-state index contributed by atoms with van der Waals surface area (Å²) in [6.07, 6.45) is 5.92. The van der Waals surface area contributed by atoms with Gasteiger partial charge in [-0.3, -0.25) is 19.6 Å².